The number of nitrogens with one attached hydrogen (secondary N) is 6. The molecule has 0 aliphatic heterocycles. The molecule has 88 heavy (non-hydrogen) atoms. The number of urea groups is 2. The number of ether oxygens (including phenoxy) is 6. The van der Waals surface area contributed by atoms with Gasteiger partial charge in [-0.1, -0.05) is 74.2 Å². The molecule has 0 spiro atoms. The van der Waals surface area contributed by atoms with Crippen molar-refractivity contribution in [1.82, 2.24) is 51.8 Å². The summed E-state index contributed by atoms with van der Waals surface area (Å²) in [5.41, 5.74) is 25.4. The van der Waals surface area contributed by atoms with Crippen LogP contribution in [0.4, 0.5) is 32.9 Å². The molecule has 2 heterocycles. The van der Waals surface area contributed by atoms with E-state index in [1.807, 2.05) is 24.3 Å². The van der Waals surface area contributed by atoms with Crippen molar-refractivity contribution in [2.75, 3.05) is 170 Å². The lowest BCUT2D eigenvalue weighted by atomic mass is 10.1. The Morgan fingerprint density at radius 2 is 0.795 bits per heavy atom. The SMILES string of the molecule is CCCC(CNC(=O)c1nc(Cl)c(N)nc1N)[N+](C)(C)CCCc1ccc(OCCOCCOCCNC(=O)NCCCCNC(=O)NCCOCCOCCOc2ccc(CCC[N+](C)(C)C(CCC)CNC(=O)c3nc(Cl)c(N)nc3N)cc2)cc1. The smallest absolute Gasteiger partial charge is 0.314 e. The predicted octanol–water partition coefficient (Wildman–Crippen LogP) is 5.02. The first-order chi connectivity index (χ1) is 42.2. The molecular weight excluding hydrogens is 1180 g/mol. The van der Waals surface area contributed by atoms with Crippen molar-refractivity contribution in [2.24, 2.45) is 0 Å². The van der Waals surface area contributed by atoms with Crippen LogP contribution in [0.15, 0.2) is 48.5 Å². The zero-order valence-electron chi connectivity index (χ0n) is 52.4. The van der Waals surface area contributed by atoms with E-state index in [4.69, 9.17) is 74.6 Å². The van der Waals surface area contributed by atoms with Gasteiger partial charge in [-0.15, -0.1) is 0 Å². The maximum absolute atomic E-state index is 12.9. The van der Waals surface area contributed by atoms with E-state index in [-0.39, 0.29) is 69.1 Å². The Kier molecular flexibility index (Phi) is 34.1. The Morgan fingerprint density at radius 1 is 0.455 bits per heavy atom. The van der Waals surface area contributed by atoms with Gasteiger partial charge in [0.25, 0.3) is 11.8 Å². The number of aryl methyl sites for hydroxylation is 2. The lowest BCUT2D eigenvalue weighted by molar-refractivity contribution is -0.914. The van der Waals surface area contributed by atoms with Crippen LogP contribution in [0.5, 0.6) is 11.5 Å². The number of nitrogens with zero attached hydrogens (tertiary/aromatic N) is 6. The molecule has 2 aromatic heterocycles. The van der Waals surface area contributed by atoms with E-state index in [9.17, 15) is 19.2 Å². The molecule has 0 aliphatic rings. The number of quaternary nitrogens is 2. The fraction of sp³-hybridized carbons (Fsp3) is 0.600. The maximum atomic E-state index is 12.9. The van der Waals surface area contributed by atoms with Gasteiger partial charge in [0.05, 0.1) is 107 Å². The van der Waals surface area contributed by atoms with E-state index in [0.717, 1.165) is 84.9 Å². The molecule has 2 aromatic carbocycles. The summed E-state index contributed by atoms with van der Waals surface area (Å²) in [5, 5.41) is 17.0. The maximum Gasteiger partial charge on any atom is 0.314 e. The Hall–Kier alpha value is -6.78. The van der Waals surface area contributed by atoms with Gasteiger partial charge in [0, 0.05) is 51.9 Å². The number of hydrogen-bond acceptors (Lipinski definition) is 18. The minimum atomic E-state index is -0.432. The first-order valence-electron chi connectivity index (χ1n) is 30.4. The number of likely N-dealkylation sites (N-methyl/N-ethyl adjacent to an activating group) is 2. The van der Waals surface area contributed by atoms with Gasteiger partial charge in [0.15, 0.2) is 45.0 Å². The molecule has 6 amide bonds. The highest BCUT2D eigenvalue weighted by atomic mass is 35.5. The summed E-state index contributed by atoms with van der Waals surface area (Å²) >= 11 is 12.0. The van der Waals surface area contributed by atoms with Crippen LogP contribution in [0.3, 0.4) is 0 Å². The number of halogens is 2. The van der Waals surface area contributed by atoms with Crippen LogP contribution in [0.1, 0.15) is 97.3 Å². The molecule has 0 fully saturated rings. The van der Waals surface area contributed by atoms with Crippen LogP contribution < -0.4 is 64.3 Å². The monoisotopic (exact) mass is 1270 g/mol. The second-order valence-corrected chi connectivity index (χ2v) is 23.0. The van der Waals surface area contributed by atoms with Crippen LogP contribution in [0.2, 0.25) is 10.3 Å². The van der Waals surface area contributed by atoms with Gasteiger partial charge in [0.2, 0.25) is 0 Å². The molecule has 28 heteroatoms. The highest BCUT2D eigenvalue weighted by Crippen LogP contribution is 2.22. The van der Waals surface area contributed by atoms with Gasteiger partial charge in [-0.3, -0.25) is 9.59 Å². The second kappa shape index (κ2) is 40.7. The van der Waals surface area contributed by atoms with Crippen LogP contribution in [0.25, 0.3) is 0 Å². The van der Waals surface area contributed by atoms with Crippen molar-refractivity contribution in [3.05, 3.63) is 81.4 Å². The standard InChI is InChI=1S/C60H96Cl2N16O10/c1-7-13-45(41-71-57(79)49-53(63)75-55(65)51(61)73-49)77(3,4)29-11-15-43-17-21-47(22-18-43)87-39-37-85-35-33-83-31-27-69-59(81)67-25-9-10-26-68-60(82)70-28-32-84-34-36-86-38-40-88-48-23-19-44(20-24-48)16-12-30-78(5,6)46(14-8-2)42-72-58(80)50-54(64)76-56(66)52(62)74-50/h17-24,45-46H,7-16,25-42H2,1-6H3,(H12-2,63,64,65,66,67,68,69,70,71,72,75,76,79,80,81,82)/p+2. The zero-order valence-corrected chi connectivity index (χ0v) is 53.9. The summed E-state index contributed by atoms with van der Waals surface area (Å²) in [6.45, 7) is 12.6. The quantitative estimate of drug-likeness (QED) is 0.0205. The summed E-state index contributed by atoms with van der Waals surface area (Å²) < 4.78 is 35.6. The van der Waals surface area contributed by atoms with E-state index >= 15 is 0 Å². The molecule has 14 N–H and O–H groups in total. The Bertz CT molecular complexity index is 2520. The number of aromatic nitrogens is 4. The van der Waals surface area contributed by atoms with Crippen LogP contribution in [-0.2, 0) is 31.8 Å². The third-order valence-corrected chi connectivity index (χ3v) is 15.2. The second-order valence-electron chi connectivity index (χ2n) is 22.3. The lowest BCUT2D eigenvalue weighted by Crippen LogP contribution is -2.54. The molecule has 490 valence electrons. The number of nitrogen functional groups attached to an aromatic ring is 4. The molecule has 2 atom stereocenters. The van der Waals surface area contributed by atoms with E-state index in [0.29, 0.717) is 118 Å². The van der Waals surface area contributed by atoms with Gasteiger partial charge < -0.3 is 92.2 Å². The minimum Gasteiger partial charge on any atom is -0.491 e. The number of amides is 6. The number of hydrogen-bond donors (Lipinski definition) is 10. The predicted molar refractivity (Wildman–Crippen MR) is 344 cm³/mol. The zero-order chi connectivity index (χ0) is 64.2. The van der Waals surface area contributed by atoms with Crippen LogP contribution in [0, 0.1) is 0 Å². The highest BCUT2D eigenvalue weighted by molar-refractivity contribution is 6.32. The van der Waals surface area contributed by atoms with Crippen molar-refractivity contribution in [3.63, 3.8) is 0 Å². The number of rotatable bonds is 45. The van der Waals surface area contributed by atoms with Crippen LogP contribution in [-0.4, -0.2) is 211 Å². The number of nitrogens with two attached hydrogens (primary N) is 4. The van der Waals surface area contributed by atoms with Crippen molar-refractivity contribution in [3.8, 4) is 11.5 Å². The number of unbranched alkanes of at least 4 members (excludes halogenated alkanes) is 1. The normalized spacial score (nSPS) is 12.2. The third-order valence-electron chi connectivity index (χ3n) is 14.7. The van der Waals surface area contributed by atoms with E-state index in [1.165, 1.54) is 11.1 Å². The van der Waals surface area contributed by atoms with E-state index < -0.39 is 11.8 Å². The molecular formula is C60H98Cl2N16O10+2. The van der Waals surface area contributed by atoms with Crippen molar-refractivity contribution in [1.29, 1.82) is 0 Å². The molecule has 26 nitrogen and oxygen atoms in total. The number of anilines is 4. The van der Waals surface area contributed by atoms with Gasteiger partial charge in [-0.05, 0) is 61.1 Å². The summed E-state index contributed by atoms with van der Waals surface area (Å²) in [6, 6.07) is 16.0. The molecule has 0 aliphatic carbocycles. The molecule has 0 radical (unpaired) electrons. The van der Waals surface area contributed by atoms with Gasteiger partial charge >= 0.3 is 12.1 Å². The van der Waals surface area contributed by atoms with E-state index in [2.05, 4.69) is 118 Å². The highest BCUT2D eigenvalue weighted by Gasteiger charge is 2.30. The average molecular weight is 1270 g/mol. The summed E-state index contributed by atoms with van der Waals surface area (Å²) in [7, 11) is 8.74. The summed E-state index contributed by atoms with van der Waals surface area (Å²) in [6.07, 6.45) is 8.95. The van der Waals surface area contributed by atoms with Crippen LogP contribution >= 0.6 is 23.2 Å². The fourth-order valence-electron chi connectivity index (χ4n) is 9.45. The first-order valence-corrected chi connectivity index (χ1v) is 31.1. The molecule has 4 rings (SSSR count). The van der Waals surface area contributed by atoms with Gasteiger partial charge in [0.1, 0.15) is 36.8 Å². The fourth-order valence-corrected chi connectivity index (χ4v) is 9.71. The number of benzene rings is 2. The van der Waals surface area contributed by atoms with Gasteiger partial charge in [-0.2, -0.15) is 0 Å². The molecule has 0 saturated heterocycles. The molecule has 0 bridgehead atoms. The number of carbonyl (C=O) groups is 4. The Balaban J connectivity index is 0.890. The van der Waals surface area contributed by atoms with Crippen molar-refractivity contribution in [2.45, 2.75) is 90.1 Å². The molecule has 4 aromatic rings. The van der Waals surface area contributed by atoms with Crippen molar-refractivity contribution < 1.29 is 56.6 Å². The summed E-state index contributed by atoms with van der Waals surface area (Å²) in [4.78, 5) is 65.9. The largest absolute Gasteiger partial charge is 0.491 e. The Morgan fingerprint density at radius 3 is 1.16 bits per heavy atom. The van der Waals surface area contributed by atoms with Crippen molar-refractivity contribution >= 4 is 70.3 Å². The summed E-state index contributed by atoms with van der Waals surface area (Å²) in [5.74, 6) is 0.519. The third kappa shape index (κ3) is 28.6. The van der Waals surface area contributed by atoms with E-state index in [1.54, 1.807) is 0 Å². The first kappa shape index (κ1) is 73.7. The molecule has 2 unspecified atom stereocenters. The minimum absolute atomic E-state index is 0.0181. The average Bonchev–Trinajstić information content (AvgIpc) is 3.58. The number of carbonyl (C=O) groups excluding carboxylic acids is 4. The molecule has 0 saturated carbocycles. The van der Waals surface area contributed by atoms with Gasteiger partial charge in [-0.25, -0.2) is 29.5 Å². The lowest BCUT2D eigenvalue weighted by Gasteiger charge is -2.38. The Labute approximate surface area is 529 Å². The topological polar surface area (TPSA) is 351 Å².